The number of hydrogen-bond donors (Lipinski definition) is 3. The number of sulfonamides is 1. The summed E-state index contributed by atoms with van der Waals surface area (Å²) in [6, 6.07) is 9.64. The minimum atomic E-state index is -3.12. The number of halogens is 1. The molecule has 0 aliphatic heterocycles. The van der Waals surface area contributed by atoms with E-state index in [0.717, 1.165) is 12.3 Å². The zero-order valence-corrected chi connectivity index (χ0v) is 18.0. The van der Waals surface area contributed by atoms with Crippen molar-refractivity contribution >= 4 is 40.0 Å². The smallest absolute Gasteiger partial charge is 0.211 e. The lowest BCUT2D eigenvalue weighted by atomic mass is 10.3. The number of hydrogen-bond acceptors (Lipinski definition) is 4. The predicted molar refractivity (Wildman–Crippen MR) is 113 cm³/mol. The van der Waals surface area contributed by atoms with E-state index in [9.17, 15) is 8.42 Å². The van der Waals surface area contributed by atoms with E-state index in [-0.39, 0.29) is 29.7 Å². The Balaban J connectivity index is 0.00000576. The van der Waals surface area contributed by atoms with Gasteiger partial charge < -0.3 is 15.4 Å². The number of guanidine groups is 1. The molecular weight excluding hydrogens is 455 g/mol. The molecule has 0 aliphatic rings. The fourth-order valence-electron chi connectivity index (χ4n) is 1.80. The number of para-hydroxylation sites is 1. The van der Waals surface area contributed by atoms with Crippen LogP contribution in [-0.4, -0.2) is 52.9 Å². The van der Waals surface area contributed by atoms with Crippen LogP contribution in [0.1, 0.15) is 20.3 Å². The molecule has 3 N–H and O–H groups in total. The Morgan fingerprint density at radius 1 is 1.12 bits per heavy atom. The number of aliphatic imine (C=N–C) groups is 1. The van der Waals surface area contributed by atoms with Crippen molar-refractivity contribution in [2.75, 3.05) is 38.5 Å². The molecule has 0 aromatic heterocycles. The molecule has 0 aliphatic carbocycles. The van der Waals surface area contributed by atoms with Gasteiger partial charge in [0.15, 0.2) is 5.96 Å². The summed E-state index contributed by atoms with van der Waals surface area (Å²) in [5, 5.41) is 6.33. The summed E-state index contributed by atoms with van der Waals surface area (Å²) < 4.78 is 30.7. The zero-order chi connectivity index (χ0) is 17.7. The molecule has 1 rings (SSSR count). The van der Waals surface area contributed by atoms with Gasteiger partial charge in [-0.3, -0.25) is 4.99 Å². The van der Waals surface area contributed by atoms with Crippen LogP contribution in [0.5, 0.6) is 5.75 Å². The molecule has 0 bridgehead atoms. The van der Waals surface area contributed by atoms with Crippen LogP contribution in [0.3, 0.4) is 0 Å². The van der Waals surface area contributed by atoms with Gasteiger partial charge in [0.2, 0.25) is 10.0 Å². The van der Waals surface area contributed by atoms with Gasteiger partial charge in [-0.1, -0.05) is 18.2 Å². The van der Waals surface area contributed by atoms with Crippen molar-refractivity contribution in [2.45, 2.75) is 20.3 Å². The van der Waals surface area contributed by atoms with Crippen molar-refractivity contribution in [2.24, 2.45) is 4.99 Å². The minimum Gasteiger partial charge on any atom is -0.492 e. The number of rotatable bonds is 11. The zero-order valence-electron chi connectivity index (χ0n) is 14.8. The standard InChI is InChI=1S/C16H28N4O3S.HI/c1-3-17-16(18-11-8-12-20-24(21,22)4-2)19-13-14-23-15-9-6-5-7-10-15;/h5-7,9-10,20H,3-4,8,11-14H2,1-2H3,(H2,17,18,19);1H. The fraction of sp³-hybridized carbons (Fsp3) is 0.562. The van der Waals surface area contributed by atoms with Gasteiger partial charge >= 0.3 is 0 Å². The molecule has 0 heterocycles. The van der Waals surface area contributed by atoms with E-state index in [1.165, 1.54) is 0 Å². The highest BCUT2D eigenvalue weighted by atomic mass is 127. The average molecular weight is 484 g/mol. The first-order valence-corrected chi connectivity index (χ1v) is 9.90. The van der Waals surface area contributed by atoms with Crippen LogP contribution in [0, 0.1) is 0 Å². The summed E-state index contributed by atoms with van der Waals surface area (Å²) >= 11 is 0. The molecule has 1 aromatic rings. The van der Waals surface area contributed by atoms with E-state index < -0.39 is 10.0 Å². The number of nitrogens with one attached hydrogen (secondary N) is 3. The second-order valence-corrected chi connectivity index (χ2v) is 7.10. The van der Waals surface area contributed by atoms with Gasteiger partial charge in [0.25, 0.3) is 0 Å². The largest absolute Gasteiger partial charge is 0.492 e. The summed E-state index contributed by atoms with van der Waals surface area (Å²) in [7, 11) is -3.12. The van der Waals surface area contributed by atoms with Crippen molar-refractivity contribution < 1.29 is 13.2 Å². The Morgan fingerprint density at radius 2 is 1.84 bits per heavy atom. The maximum absolute atomic E-state index is 11.3. The molecule has 0 saturated heterocycles. The van der Waals surface area contributed by atoms with Gasteiger partial charge in [0.1, 0.15) is 12.4 Å². The molecule has 0 amide bonds. The topological polar surface area (TPSA) is 91.8 Å². The molecule has 1 aromatic carbocycles. The summed E-state index contributed by atoms with van der Waals surface area (Å²) in [5.74, 6) is 1.64. The lowest BCUT2D eigenvalue weighted by Gasteiger charge is -2.12. The monoisotopic (exact) mass is 484 g/mol. The van der Waals surface area contributed by atoms with Gasteiger partial charge in [-0.25, -0.2) is 13.1 Å². The van der Waals surface area contributed by atoms with Crippen LogP contribution in [0.15, 0.2) is 35.3 Å². The quantitative estimate of drug-likeness (QED) is 0.192. The highest BCUT2D eigenvalue weighted by Crippen LogP contribution is 2.07. The van der Waals surface area contributed by atoms with Crippen LogP contribution in [-0.2, 0) is 10.0 Å². The van der Waals surface area contributed by atoms with E-state index in [1.54, 1.807) is 6.92 Å². The molecule has 9 heteroatoms. The van der Waals surface area contributed by atoms with Crippen LogP contribution in [0.25, 0.3) is 0 Å². The molecule has 7 nitrogen and oxygen atoms in total. The second kappa shape index (κ2) is 14.1. The van der Waals surface area contributed by atoms with E-state index in [0.29, 0.717) is 38.6 Å². The Morgan fingerprint density at radius 3 is 2.48 bits per heavy atom. The lowest BCUT2D eigenvalue weighted by Crippen LogP contribution is -2.39. The maximum Gasteiger partial charge on any atom is 0.211 e. The normalized spacial score (nSPS) is 11.5. The van der Waals surface area contributed by atoms with Crippen LogP contribution in [0.2, 0.25) is 0 Å². The van der Waals surface area contributed by atoms with Crippen LogP contribution >= 0.6 is 24.0 Å². The van der Waals surface area contributed by atoms with Gasteiger partial charge in [-0.2, -0.15) is 0 Å². The molecular formula is C16H29IN4O3S. The van der Waals surface area contributed by atoms with Gasteiger partial charge in [-0.05, 0) is 32.4 Å². The molecule has 0 radical (unpaired) electrons. The number of benzene rings is 1. The molecule has 25 heavy (non-hydrogen) atoms. The number of nitrogens with zero attached hydrogens (tertiary/aromatic N) is 1. The van der Waals surface area contributed by atoms with Crippen molar-refractivity contribution in [3.8, 4) is 5.75 Å². The number of ether oxygens (including phenoxy) is 1. The second-order valence-electron chi connectivity index (χ2n) is 5.00. The van der Waals surface area contributed by atoms with Crippen molar-refractivity contribution in [1.29, 1.82) is 0 Å². The minimum absolute atomic E-state index is 0. The van der Waals surface area contributed by atoms with Gasteiger partial charge in [0.05, 0.1) is 12.3 Å². The maximum atomic E-state index is 11.3. The third-order valence-electron chi connectivity index (χ3n) is 3.06. The van der Waals surface area contributed by atoms with Gasteiger partial charge in [-0.15, -0.1) is 24.0 Å². The fourth-order valence-corrected chi connectivity index (χ4v) is 2.46. The Labute approximate surface area is 168 Å². The summed E-state index contributed by atoms with van der Waals surface area (Å²) in [5.41, 5.74) is 0. The molecule has 0 atom stereocenters. The predicted octanol–water partition coefficient (Wildman–Crippen LogP) is 1.57. The first kappa shape index (κ1) is 23.9. The van der Waals surface area contributed by atoms with E-state index >= 15 is 0 Å². The summed E-state index contributed by atoms with van der Waals surface area (Å²) in [6.45, 7) is 6.47. The van der Waals surface area contributed by atoms with Crippen LogP contribution in [0.4, 0.5) is 0 Å². The van der Waals surface area contributed by atoms with Crippen molar-refractivity contribution in [3.05, 3.63) is 30.3 Å². The summed E-state index contributed by atoms with van der Waals surface area (Å²) in [4.78, 5) is 4.41. The van der Waals surface area contributed by atoms with E-state index in [4.69, 9.17) is 4.74 Å². The Bertz CT molecular complexity index is 582. The third kappa shape index (κ3) is 12.0. The lowest BCUT2D eigenvalue weighted by molar-refractivity contribution is 0.322. The highest BCUT2D eigenvalue weighted by molar-refractivity contribution is 14.0. The average Bonchev–Trinajstić information content (AvgIpc) is 2.59. The van der Waals surface area contributed by atoms with Crippen molar-refractivity contribution in [1.82, 2.24) is 15.4 Å². The highest BCUT2D eigenvalue weighted by Gasteiger charge is 2.04. The van der Waals surface area contributed by atoms with Gasteiger partial charge in [0, 0.05) is 19.6 Å². The first-order valence-electron chi connectivity index (χ1n) is 8.24. The molecule has 0 unspecified atom stereocenters. The first-order chi connectivity index (χ1) is 11.6. The molecule has 0 fully saturated rings. The summed E-state index contributed by atoms with van der Waals surface area (Å²) in [6.07, 6.45) is 0.649. The van der Waals surface area contributed by atoms with Crippen LogP contribution < -0.4 is 20.1 Å². The Kier molecular flexibility index (Phi) is 13.5. The molecule has 0 saturated carbocycles. The SMILES string of the molecule is CCNC(=NCCCNS(=O)(=O)CC)NCCOc1ccccc1.I. The third-order valence-corrected chi connectivity index (χ3v) is 4.46. The molecule has 144 valence electrons. The van der Waals surface area contributed by atoms with Crippen molar-refractivity contribution in [3.63, 3.8) is 0 Å². The van der Waals surface area contributed by atoms with E-state index in [1.807, 2.05) is 37.3 Å². The molecule has 0 spiro atoms. The Hall–Kier alpha value is -1.07. The van der Waals surface area contributed by atoms with E-state index in [2.05, 4.69) is 20.3 Å².